The molecule has 0 N–H and O–H groups in total. The van der Waals surface area contributed by atoms with Crippen LogP contribution in [0.15, 0.2) is 6.07 Å². The highest BCUT2D eigenvalue weighted by Gasteiger charge is 2.24. The van der Waals surface area contributed by atoms with Crippen LogP contribution < -0.4 is 14.2 Å². The van der Waals surface area contributed by atoms with Crippen molar-refractivity contribution in [2.24, 2.45) is 0 Å². The highest BCUT2D eigenvalue weighted by Crippen LogP contribution is 2.42. The summed E-state index contributed by atoms with van der Waals surface area (Å²) >= 11 is 0. The minimum Gasteiger partial charge on any atom is -0.493 e. The summed E-state index contributed by atoms with van der Waals surface area (Å²) in [7, 11) is 1.42. The molecule has 1 aliphatic heterocycles. The first-order valence-electron chi connectivity index (χ1n) is 4.39. The zero-order chi connectivity index (χ0) is 10.8. The molecule has 4 nitrogen and oxygen atoms in total. The van der Waals surface area contributed by atoms with Crippen LogP contribution in [-0.4, -0.2) is 26.6 Å². The zero-order valence-corrected chi connectivity index (χ0v) is 8.08. The maximum absolute atomic E-state index is 13.6. The maximum Gasteiger partial charge on any atom is 0.206 e. The van der Waals surface area contributed by atoms with Crippen molar-refractivity contribution in [3.8, 4) is 17.2 Å². The number of methoxy groups -OCH3 is 1. The fourth-order valence-corrected chi connectivity index (χ4v) is 1.40. The van der Waals surface area contributed by atoms with Gasteiger partial charge in [-0.3, -0.25) is 4.79 Å². The number of carbonyl (C=O) groups excluding carboxylic acids is 1. The Morgan fingerprint density at radius 1 is 1.40 bits per heavy atom. The molecule has 0 aliphatic carbocycles. The summed E-state index contributed by atoms with van der Waals surface area (Å²) in [5.41, 5.74) is -0.101. The van der Waals surface area contributed by atoms with E-state index in [4.69, 9.17) is 14.2 Å². The van der Waals surface area contributed by atoms with Crippen LogP contribution in [0.1, 0.15) is 10.4 Å². The molecule has 0 atom stereocenters. The third-order valence-electron chi connectivity index (χ3n) is 2.09. The van der Waals surface area contributed by atoms with Gasteiger partial charge in [0.05, 0.1) is 12.7 Å². The second-order valence-electron chi connectivity index (χ2n) is 2.96. The van der Waals surface area contributed by atoms with Crippen molar-refractivity contribution >= 4 is 6.29 Å². The summed E-state index contributed by atoms with van der Waals surface area (Å²) in [4.78, 5) is 10.6. The van der Waals surface area contributed by atoms with Gasteiger partial charge in [0, 0.05) is 0 Å². The smallest absolute Gasteiger partial charge is 0.206 e. The Hall–Kier alpha value is -1.78. The monoisotopic (exact) mass is 212 g/mol. The number of ether oxygens (including phenoxy) is 3. The predicted molar refractivity (Wildman–Crippen MR) is 49.3 cm³/mol. The quantitative estimate of drug-likeness (QED) is 0.695. The minimum atomic E-state index is -0.708. The first-order chi connectivity index (χ1) is 7.27. The molecule has 15 heavy (non-hydrogen) atoms. The third-order valence-corrected chi connectivity index (χ3v) is 2.09. The van der Waals surface area contributed by atoms with Crippen LogP contribution in [0.25, 0.3) is 0 Å². The van der Waals surface area contributed by atoms with Crippen molar-refractivity contribution in [3.05, 3.63) is 17.4 Å². The number of hydrogen-bond acceptors (Lipinski definition) is 4. The van der Waals surface area contributed by atoms with Gasteiger partial charge in [-0.2, -0.15) is 0 Å². The molecule has 5 heteroatoms. The van der Waals surface area contributed by atoms with Gasteiger partial charge in [-0.15, -0.1) is 0 Å². The average molecular weight is 212 g/mol. The van der Waals surface area contributed by atoms with E-state index in [1.807, 2.05) is 0 Å². The highest BCUT2D eigenvalue weighted by molar-refractivity contribution is 5.79. The van der Waals surface area contributed by atoms with E-state index in [9.17, 15) is 9.18 Å². The standard InChI is InChI=1S/C10H9FO4/c1-13-7-4-6(5-12)8(11)10-9(7)14-2-3-15-10/h4-5H,2-3H2,1H3. The van der Waals surface area contributed by atoms with Crippen molar-refractivity contribution < 1.29 is 23.4 Å². The molecule has 0 fully saturated rings. The molecule has 1 aromatic carbocycles. The fraction of sp³-hybridized carbons (Fsp3) is 0.300. The summed E-state index contributed by atoms with van der Waals surface area (Å²) in [6.07, 6.45) is 0.413. The van der Waals surface area contributed by atoms with E-state index in [2.05, 4.69) is 0 Å². The first-order valence-corrected chi connectivity index (χ1v) is 4.39. The minimum absolute atomic E-state index is 0.0531. The molecule has 0 amide bonds. The topological polar surface area (TPSA) is 44.8 Å². The summed E-state index contributed by atoms with van der Waals surface area (Å²) in [5.74, 6) is -0.247. The Morgan fingerprint density at radius 2 is 2.07 bits per heavy atom. The molecular formula is C10H9FO4. The normalized spacial score (nSPS) is 13.5. The Balaban J connectivity index is 2.63. The van der Waals surface area contributed by atoms with Crippen LogP contribution in [-0.2, 0) is 0 Å². The third kappa shape index (κ3) is 1.49. The Bertz CT molecular complexity index is 403. The summed E-state index contributed by atoms with van der Waals surface area (Å²) in [5, 5.41) is 0. The van der Waals surface area contributed by atoms with Crippen molar-refractivity contribution in [1.82, 2.24) is 0 Å². The highest BCUT2D eigenvalue weighted by atomic mass is 19.1. The van der Waals surface area contributed by atoms with E-state index >= 15 is 0 Å². The van der Waals surface area contributed by atoms with Crippen LogP contribution in [0, 0.1) is 5.82 Å². The SMILES string of the molecule is COc1cc(C=O)c(F)c2c1OCCO2. The average Bonchev–Trinajstić information content (AvgIpc) is 2.30. The second-order valence-corrected chi connectivity index (χ2v) is 2.96. The van der Waals surface area contributed by atoms with Gasteiger partial charge in [-0.1, -0.05) is 0 Å². The van der Waals surface area contributed by atoms with Crippen LogP contribution in [0.5, 0.6) is 17.2 Å². The number of benzene rings is 1. The van der Waals surface area contributed by atoms with Crippen LogP contribution in [0.2, 0.25) is 0 Å². The molecule has 0 radical (unpaired) electrons. The molecule has 2 rings (SSSR count). The molecule has 1 aliphatic rings. The van der Waals surface area contributed by atoms with Gasteiger partial charge in [0.15, 0.2) is 17.9 Å². The molecule has 0 unspecified atom stereocenters. The van der Waals surface area contributed by atoms with E-state index in [1.54, 1.807) is 0 Å². The fourth-order valence-electron chi connectivity index (χ4n) is 1.40. The molecule has 1 aromatic rings. The van der Waals surface area contributed by atoms with Gasteiger partial charge in [0.25, 0.3) is 0 Å². The summed E-state index contributed by atoms with van der Waals surface area (Å²) < 4.78 is 28.9. The van der Waals surface area contributed by atoms with Gasteiger partial charge >= 0.3 is 0 Å². The van der Waals surface area contributed by atoms with Gasteiger partial charge in [0.1, 0.15) is 13.2 Å². The number of hydrogen-bond donors (Lipinski definition) is 0. The van der Waals surface area contributed by atoms with Gasteiger partial charge in [0.2, 0.25) is 11.5 Å². The van der Waals surface area contributed by atoms with Crippen molar-refractivity contribution in [1.29, 1.82) is 0 Å². The molecule has 0 aromatic heterocycles. The largest absolute Gasteiger partial charge is 0.493 e. The van der Waals surface area contributed by atoms with E-state index in [-0.39, 0.29) is 23.7 Å². The molecule has 0 spiro atoms. The van der Waals surface area contributed by atoms with Crippen molar-refractivity contribution in [2.75, 3.05) is 20.3 Å². The van der Waals surface area contributed by atoms with Gasteiger partial charge < -0.3 is 14.2 Å². The number of carbonyl (C=O) groups is 1. The Morgan fingerprint density at radius 3 is 2.67 bits per heavy atom. The van der Waals surface area contributed by atoms with Gasteiger partial charge in [-0.25, -0.2) is 4.39 Å². The van der Waals surface area contributed by atoms with E-state index < -0.39 is 5.82 Å². The van der Waals surface area contributed by atoms with Crippen LogP contribution in [0.4, 0.5) is 4.39 Å². The van der Waals surface area contributed by atoms with Gasteiger partial charge in [-0.05, 0) is 6.07 Å². The Labute approximate surface area is 85.6 Å². The molecule has 0 saturated carbocycles. The lowest BCUT2D eigenvalue weighted by Gasteiger charge is -2.21. The second kappa shape index (κ2) is 3.76. The van der Waals surface area contributed by atoms with E-state index in [0.717, 1.165) is 0 Å². The van der Waals surface area contributed by atoms with Crippen molar-refractivity contribution in [2.45, 2.75) is 0 Å². The molecule has 0 bridgehead atoms. The number of halogens is 1. The maximum atomic E-state index is 13.6. The zero-order valence-electron chi connectivity index (χ0n) is 8.08. The van der Waals surface area contributed by atoms with Crippen molar-refractivity contribution in [3.63, 3.8) is 0 Å². The lowest BCUT2D eigenvalue weighted by atomic mass is 10.1. The van der Waals surface area contributed by atoms with Crippen LogP contribution in [0.3, 0.4) is 0 Å². The van der Waals surface area contributed by atoms with E-state index in [0.29, 0.717) is 18.6 Å². The number of rotatable bonds is 2. The number of fused-ring (bicyclic) bond motifs is 1. The first kappa shape index (κ1) is 9.76. The lowest BCUT2D eigenvalue weighted by molar-refractivity contribution is 0.111. The van der Waals surface area contributed by atoms with Crippen LogP contribution >= 0.6 is 0 Å². The Kier molecular flexibility index (Phi) is 2.45. The molecule has 1 heterocycles. The van der Waals surface area contributed by atoms with E-state index in [1.165, 1.54) is 13.2 Å². The lowest BCUT2D eigenvalue weighted by Crippen LogP contribution is -2.17. The summed E-state index contributed by atoms with van der Waals surface area (Å²) in [6.45, 7) is 0.596. The number of aldehydes is 1. The molecular weight excluding hydrogens is 203 g/mol. The summed E-state index contributed by atoms with van der Waals surface area (Å²) in [6, 6.07) is 1.29. The molecule has 0 saturated heterocycles. The predicted octanol–water partition coefficient (Wildman–Crippen LogP) is 1.42. The molecule has 80 valence electrons.